The van der Waals surface area contributed by atoms with Crippen molar-refractivity contribution in [2.45, 2.75) is 52.8 Å². The third kappa shape index (κ3) is 3.83. The first kappa shape index (κ1) is 17.5. The van der Waals surface area contributed by atoms with Crippen LogP contribution in [0.3, 0.4) is 0 Å². The van der Waals surface area contributed by atoms with Gasteiger partial charge < -0.3 is 9.64 Å². The summed E-state index contributed by atoms with van der Waals surface area (Å²) in [5.41, 5.74) is 3.10. The lowest BCUT2D eigenvalue weighted by molar-refractivity contribution is 0.0219. The molecule has 1 aliphatic rings. The van der Waals surface area contributed by atoms with Gasteiger partial charge in [0.25, 0.3) is 0 Å². The van der Waals surface area contributed by atoms with E-state index < -0.39 is 5.60 Å². The van der Waals surface area contributed by atoms with Crippen LogP contribution in [0.2, 0.25) is 0 Å². The molecule has 0 N–H and O–H groups in total. The third-order valence-electron chi connectivity index (χ3n) is 4.27. The van der Waals surface area contributed by atoms with Gasteiger partial charge in [-0.25, -0.2) is 9.18 Å². The fourth-order valence-electron chi connectivity index (χ4n) is 3.08. The van der Waals surface area contributed by atoms with Crippen LogP contribution in [0.4, 0.5) is 9.18 Å². The summed E-state index contributed by atoms with van der Waals surface area (Å²) in [6, 6.07) is 6.69. The Morgan fingerprint density at radius 2 is 2.04 bits per heavy atom. The van der Waals surface area contributed by atoms with Crippen LogP contribution in [-0.4, -0.2) is 32.9 Å². The van der Waals surface area contributed by atoms with E-state index in [2.05, 4.69) is 5.10 Å². The monoisotopic (exact) mass is 345 g/mol. The second-order valence-corrected chi connectivity index (χ2v) is 7.41. The van der Waals surface area contributed by atoms with Crippen molar-refractivity contribution < 1.29 is 13.9 Å². The highest BCUT2D eigenvalue weighted by Gasteiger charge is 2.29. The molecule has 25 heavy (non-hydrogen) atoms. The van der Waals surface area contributed by atoms with Crippen molar-refractivity contribution >= 4 is 6.09 Å². The van der Waals surface area contributed by atoms with E-state index in [0.29, 0.717) is 25.2 Å². The zero-order valence-electron chi connectivity index (χ0n) is 15.2. The normalized spacial score (nSPS) is 14.4. The number of carbonyl (C=O) groups is 1. The molecule has 134 valence electrons. The Balaban J connectivity index is 1.84. The number of aromatic nitrogens is 2. The maximum atomic E-state index is 14.0. The van der Waals surface area contributed by atoms with E-state index >= 15 is 0 Å². The van der Waals surface area contributed by atoms with Crippen molar-refractivity contribution in [2.75, 3.05) is 6.54 Å². The lowest BCUT2D eigenvalue weighted by atomic mass is 10.0. The van der Waals surface area contributed by atoms with Gasteiger partial charge in [-0.15, -0.1) is 0 Å². The van der Waals surface area contributed by atoms with Gasteiger partial charge in [0, 0.05) is 12.1 Å². The SMILES string of the molecule is Cc1nn(Cc2ccccc2F)c2c1CCN(C(=O)OC(C)(C)C)C2. The van der Waals surface area contributed by atoms with Crippen LogP contribution in [0.25, 0.3) is 0 Å². The molecule has 0 aliphatic carbocycles. The van der Waals surface area contributed by atoms with Gasteiger partial charge in [0.05, 0.1) is 24.5 Å². The number of hydrogen-bond acceptors (Lipinski definition) is 3. The molecule has 0 unspecified atom stereocenters. The number of halogens is 1. The maximum Gasteiger partial charge on any atom is 0.410 e. The van der Waals surface area contributed by atoms with Crippen LogP contribution in [0.5, 0.6) is 0 Å². The maximum absolute atomic E-state index is 14.0. The lowest BCUT2D eigenvalue weighted by Gasteiger charge is -2.30. The van der Waals surface area contributed by atoms with Crippen molar-refractivity contribution in [3.05, 3.63) is 52.6 Å². The highest BCUT2D eigenvalue weighted by Crippen LogP contribution is 2.24. The predicted molar refractivity (Wildman–Crippen MR) is 92.8 cm³/mol. The zero-order valence-corrected chi connectivity index (χ0v) is 15.2. The molecular formula is C19H24FN3O2. The Hall–Kier alpha value is -2.37. The fourth-order valence-corrected chi connectivity index (χ4v) is 3.08. The Morgan fingerprint density at radius 1 is 1.32 bits per heavy atom. The number of aryl methyl sites for hydroxylation is 1. The van der Waals surface area contributed by atoms with Crippen molar-refractivity contribution in [2.24, 2.45) is 0 Å². The Kier molecular flexibility index (Phi) is 4.54. The average molecular weight is 345 g/mol. The van der Waals surface area contributed by atoms with Gasteiger partial charge in [0.15, 0.2) is 0 Å². The smallest absolute Gasteiger partial charge is 0.410 e. The number of amides is 1. The average Bonchev–Trinajstić information content (AvgIpc) is 2.84. The minimum absolute atomic E-state index is 0.246. The van der Waals surface area contributed by atoms with Crippen molar-refractivity contribution in [1.82, 2.24) is 14.7 Å². The van der Waals surface area contributed by atoms with Gasteiger partial charge in [-0.2, -0.15) is 5.10 Å². The second-order valence-electron chi connectivity index (χ2n) is 7.41. The number of carbonyl (C=O) groups excluding carboxylic acids is 1. The summed E-state index contributed by atoms with van der Waals surface area (Å²) in [5, 5.41) is 4.57. The number of nitrogens with zero attached hydrogens (tertiary/aromatic N) is 3. The summed E-state index contributed by atoms with van der Waals surface area (Å²) in [6.45, 7) is 8.91. The standard InChI is InChI=1S/C19H24FN3O2/c1-13-15-9-10-22(18(24)25-19(2,3)4)12-17(15)23(21-13)11-14-7-5-6-8-16(14)20/h5-8H,9-12H2,1-4H3. The molecule has 1 aromatic heterocycles. The molecule has 1 aliphatic heterocycles. The third-order valence-corrected chi connectivity index (χ3v) is 4.27. The molecule has 1 aromatic carbocycles. The summed E-state index contributed by atoms with van der Waals surface area (Å²) in [4.78, 5) is 14.1. The van der Waals surface area contributed by atoms with E-state index in [1.807, 2.05) is 33.8 Å². The molecule has 0 radical (unpaired) electrons. The van der Waals surface area contributed by atoms with Gasteiger partial charge in [-0.1, -0.05) is 18.2 Å². The highest BCUT2D eigenvalue weighted by molar-refractivity contribution is 5.68. The van der Waals surface area contributed by atoms with Crippen molar-refractivity contribution in [1.29, 1.82) is 0 Å². The van der Waals surface area contributed by atoms with Gasteiger partial charge >= 0.3 is 6.09 Å². The Bertz CT molecular complexity index is 792. The minimum atomic E-state index is -0.527. The molecule has 2 aromatic rings. The molecule has 3 rings (SSSR count). The Morgan fingerprint density at radius 3 is 2.72 bits per heavy atom. The van der Waals surface area contributed by atoms with Crippen molar-refractivity contribution in [3.8, 4) is 0 Å². The molecule has 0 fully saturated rings. The van der Waals surface area contributed by atoms with E-state index in [1.54, 1.807) is 21.7 Å². The molecule has 0 atom stereocenters. The quantitative estimate of drug-likeness (QED) is 0.834. The highest BCUT2D eigenvalue weighted by atomic mass is 19.1. The van der Waals surface area contributed by atoms with Gasteiger partial charge in [0.2, 0.25) is 0 Å². The van der Waals surface area contributed by atoms with Crippen LogP contribution in [0, 0.1) is 12.7 Å². The molecule has 0 saturated carbocycles. The number of rotatable bonds is 2. The molecule has 6 heteroatoms. The second kappa shape index (κ2) is 6.50. The predicted octanol–water partition coefficient (Wildman–Crippen LogP) is 3.67. The zero-order chi connectivity index (χ0) is 18.2. The largest absolute Gasteiger partial charge is 0.444 e. The topological polar surface area (TPSA) is 47.4 Å². The summed E-state index contributed by atoms with van der Waals surface area (Å²) in [6.07, 6.45) is 0.409. The van der Waals surface area contributed by atoms with E-state index in [1.165, 1.54) is 6.07 Å². The number of hydrogen-bond donors (Lipinski definition) is 0. The number of fused-ring (bicyclic) bond motifs is 1. The van der Waals surface area contributed by atoms with E-state index in [0.717, 1.165) is 23.4 Å². The van der Waals surface area contributed by atoms with Gasteiger partial charge in [0.1, 0.15) is 11.4 Å². The summed E-state index contributed by atoms with van der Waals surface area (Å²) in [5.74, 6) is -0.246. The summed E-state index contributed by atoms with van der Waals surface area (Å²) in [7, 11) is 0. The first-order valence-corrected chi connectivity index (χ1v) is 8.51. The number of benzene rings is 1. The Labute approximate surface area is 147 Å². The van der Waals surface area contributed by atoms with E-state index in [9.17, 15) is 9.18 Å². The molecule has 0 saturated heterocycles. The van der Waals surface area contributed by atoms with Crippen molar-refractivity contribution in [3.63, 3.8) is 0 Å². The lowest BCUT2D eigenvalue weighted by Crippen LogP contribution is -2.40. The van der Waals surface area contributed by atoms with Crippen LogP contribution < -0.4 is 0 Å². The molecule has 0 bridgehead atoms. The minimum Gasteiger partial charge on any atom is -0.444 e. The molecule has 2 heterocycles. The van der Waals surface area contributed by atoms with E-state index in [-0.39, 0.29) is 11.9 Å². The summed E-state index contributed by atoms with van der Waals surface area (Å²) < 4.78 is 21.3. The van der Waals surface area contributed by atoms with Gasteiger partial charge in [-0.05, 0) is 45.7 Å². The first-order valence-electron chi connectivity index (χ1n) is 8.51. The van der Waals surface area contributed by atoms with E-state index in [4.69, 9.17) is 4.74 Å². The first-order chi connectivity index (χ1) is 11.7. The van der Waals surface area contributed by atoms with Crippen LogP contribution >= 0.6 is 0 Å². The van der Waals surface area contributed by atoms with Crippen LogP contribution in [0.1, 0.15) is 43.3 Å². The van der Waals surface area contributed by atoms with Crippen LogP contribution in [-0.2, 0) is 24.2 Å². The molecule has 0 spiro atoms. The summed E-state index contributed by atoms with van der Waals surface area (Å²) >= 11 is 0. The molecule has 5 nitrogen and oxygen atoms in total. The number of ether oxygens (including phenoxy) is 1. The fraction of sp³-hybridized carbons (Fsp3) is 0.474. The molecular weight excluding hydrogens is 321 g/mol. The van der Waals surface area contributed by atoms with Crippen LogP contribution in [0.15, 0.2) is 24.3 Å². The molecule has 1 amide bonds. The van der Waals surface area contributed by atoms with Gasteiger partial charge in [-0.3, -0.25) is 4.68 Å².